The van der Waals surface area contributed by atoms with Crippen LogP contribution in [0.3, 0.4) is 0 Å². The van der Waals surface area contributed by atoms with E-state index in [2.05, 4.69) is 12.3 Å². The molecular formula is C20H19OPS. The normalized spacial score (nSPS) is 11.3. The van der Waals surface area contributed by atoms with Crippen molar-refractivity contribution in [3.63, 3.8) is 0 Å². The van der Waals surface area contributed by atoms with E-state index >= 15 is 0 Å². The molecule has 1 nitrogen and oxygen atoms in total. The minimum atomic E-state index is -2.86. The van der Waals surface area contributed by atoms with Gasteiger partial charge < -0.3 is 4.57 Å². The van der Waals surface area contributed by atoms with Crippen LogP contribution >= 0.6 is 18.9 Å². The molecule has 0 spiro atoms. The molecule has 116 valence electrons. The van der Waals surface area contributed by atoms with Gasteiger partial charge in [-0.05, 0) is 11.8 Å². The lowest BCUT2D eigenvalue weighted by atomic mass is 10.2. The summed E-state index contributed by atoms with van der Waals surface area (Å²) in [4.78, 5) is 0. The van der Waals surface area contributed by atoms with Crippen molar-refractivity contribution in [2.75, 3.05) is 6.26 Å². The van der Waals surface area contributed by atoms with Crippen molar-refractivity contribution in [1.29, 1.82) is 0 Å². The summed E-state index contributed by atoms with van der Waals surface area (Å²) < 4.78 is 14.3. The maximum absolute atomic E-state index is 14.3. The fraction of sp³-hybridized carbons (Fsp3) is 0.100. The molecule has 0 N–H and O–H groups in total. The second-order valence-electron chi connectivity index (χ2n) is 5.34. The highest BCUT2D eigenvalue weighted by Crippen LogP contribution is 2.43. The van der Waals surface area contributed by atoms with Gasteiger partial charge >= 0.3 is 0 Å². The lowest BCUT2D eigenvalue weighted by Crippen LogP contribution is -2.27. The van der Waals surface area contributed by atoms with E-state index in [1.54, 1.807) is 11.8 Å². The predicted molar refractivity (Wildman–Crippen MR) is 103 cm³/mol. The van der Waals surface area contributed by atoms with E-state index in [0.717, 1.165) is 27.2 Å². The first-order valence-corrected chi connectivity index (χ1v) is 10.7. The Morgan fingerprint density at radius 2 is 1.22 bits per heavy atom. The molecule has 0 aromatic heterocycles. The Morgan fingerprint density at radius 3 is 1.74 bits per heavy atom. The molecule has 0 saturated heterocycles. The van der Waals surface area contributed by atoms with Gasteiger partial charge in [0.15, 0.2) is 7.14 Å². The summed E-state index contributed by atoms with van der Waals surface area (Å²) in [5, 5.41) is 2.73. The molecule has 0 fully saturated rings. The lowest BCUT2D eigenvalue weighted by molar-refractivity contribution is 0.592. The molecule has 0 radical (unpaired) electrons. The summed E-state index contributed by atoms with van der Waals surface area (Å²) in [5.41, 5.74) is 1.15. The molecule has 0 aliphatic heterocycles. The fourth-order valence-electron chi connectivity index (χ4n) is 2.80. The maximum Gasteiger partial charge on any atom is 0.171 e. The molecular weight excluding hydrogens is 319 g/mol. The molecule has 3 heteroatoms. The molecule has 0 amide bonds. The standard InChI is InChI=1S/C20H19OPS/c1-23-16-17-10-8-9-15-20(17)22(21,18-11-4-2-5-12-18)19-13-6-3-7-14-19/h2-15H,16H2,1H3. The Labute approximate surface area is 142 Å². The van der Waals surface area contributed by atoms with Crippen molar-refractivity contribution in [3.05, 3.63) is 90.5 Å². The van der Waals surface area contributed by atoms with Crippen LogP contribution in [0.4, 0.5) is 0 Å². The second-order valence-corrected chi connectivity index (χ2v) is 8.94. The van der Waals surface area contributed by atoms with Crippen LogP contribution in [-0.4, -0.2) is 6.26 Å². The number of thioether (sulfide) groups is 1. The molecule has 0 atom stereocenters. The highest BCUT2D eigenvalue weighted by atomic mass is 32.2. The van der Waals surface area contributed by atoms with E-state index in [0.29, 0.717) is 0 Å². The average Bonchev–Trinajstić information content (AvgIpc) is 2.63. The summed E-state index contributed by atoms with van der Waals surface area (Å²) in [6.07, 6.45) is 2.08. The van der Waals surface area contributed by atoms with Crippen molar-refractivity contribution in [3.8, 4) is 0 Å². The first kappa shape index (κ1) is 16.1. The summed E-state index contributed by atoms with van der Waals surface area (Å²) in [6.45, 7) is 0. The van der Waals surface area contributed by atoms with Crippen LogP contribution in [0.5, 0.6) is 0 Å². The van der Waals surface area contributed by atoms with E-state index in [1.165, 1.54) is 0 Å². The van der Waals surface area contributed by atoms with E-state index < -0.39 is 7.14 Å². The van der Waals surface area contributed by atoms with Crippen LogP contribution in [0.2, 0.25) is 0 Å². The van der Waals surface area contributed by atoms with Gasteiger partial charge in [0.25, 0.3) is 0 Å². The van der Waals surface area contributed by atoms with Gasteiger partial charge in [-0.15, -0.1) is 0 Å². The Bertz CT molecular complexity index is 772. The topological polar surface area (TPSA) is 17.1 Å². The number of rotatable bonds is 5. The Balaban J connectivity index is 2.28. The van der Waals surface area contributed by atoms with Crippen molar-refractivity contribution in [2.45, 2.75) is 5.75 Å². The first-order valence-electron chi connectivity index (χ1n) is 7.55. The van der Waals surface area contributed by atoms with Gasteiger partial charge in [0.1, 0.15) is 0 Å². The molecule has 0 saturated carbocycles. The van der Waals surface area contributed by atoms with Crippen LogP contribution in [0.25, 0.3) is 0 Å². The van der Waals surface area contributed by atoms with Gasteiger partial charge in [-0.2, -0.15) is 11.8 Å². The SMILES string of the molecule is CSCc1ccccc1P(=O)(c1ccccc1)c1ccccc1. The Morgan fingerprint density at radius 1 is 0.739 bits per heavy atom. The minimum absolute atomic E-state index is 0.861. The summed E-state index contributed by atoms with van der Waals surface area (Å²) >= 11 is 1.75. The van der Waals surface area contributed by atoms with Gasteiger partial charge in [0.05, 0.1) is 0 Å². The molecule has 0 aliphatic rings. The van der Waals surface area contributed by atoms with Crippen molar-refractivity contribution >= 4 is 34.8 Å². The minimum Gasteiger partial charge on any atom is -0.309 e. The third-order valence-electron chi connectivity index (χ3n) is 3.87. The summed E-state index contributed by atoms with van der Waals surface area (Å²) in [7, 11) is -2.86. The van der Waals surface area contributed by atoms with E-state index in [4.69, 9.17) is 0 Å². The zero-order chi connectivity index (χ0) is 16.1. The van der Waals surface area contributed by atoms with Crippen LogP contribution in [0, 0.1) is 0 Å². The monoisotopic (exact) mass is 338 g/mol. The Kier molecular flexibility index (Phi) is 5.05. The van der Waals surface area contributed by atoms with Crippen molar-refractivity contribution in [1.82, 2.24) is 0 Å². The van der Waals surface area contributed by atoms with Gasteiger partial charge in [0.2, 0.25) is 0 Å². The molecule has 0 unspecified atom stereocenters. The average molecular weight is 338 g/mol. The molecule has 23 heavy (non-hydrogen) atoms. The second kappa shape index (κ2) is 7.21. The quantitative estimate of drug-likeness (QED) is 0.649. The molecule has 3 aromatic carbocycles. The van der Waals surface area contributed by atoms with Crippen LogP contribution < -0.4 is 15.9 Å². The van der Waals surface area contributed by atoms with Crippen LogP contribution in [-0.2, 0) is 10.3 Å². The molecule has 3 rings (SSSR count). The van der Waals surface area contributed by atoms with Gasteiger partial charge in [-0.3, -0.25) is 0 Å². The van der Waals surface area contributed by atoms with E-state index in [1.807, 2.05) is 78.9 Å². The molecule has 3 aromatic rings. The zero-order valence-electron chi connectivity index (χ0n) is 13.1. The molecule has 0 heterocycles. The largest absolute Gasteiger partial charge is 0.309 e. The number of benzene rings is 3. The fourth-order valence-corrected chi connectivity index (χ4v) is 6.36. The highest BCUT2D eigenvalue weighted by Gasteiger charge is 2.31. The number of hydrogen-bond donors (Lipinski definition) is 0. The van der Waals surface area contributed by atoms with Crippen LogP contribution in [0.1, 0.15) is 5.56 Å². The third kappa shape index (κ3) is 3.15. The first-order chi connectivity index (χ1) is 11.3. The van der Waals surface area contributed by atoms with E-state index in [9.17, 15) is 4.57 Å². The molecule has 0 aliphatic carbocycles. The zero-order valence-corrected chi connectivity index (χ0v) is 14.8. The summed E-state index contributed by atoms with van der Waals surface area (Å²) in [6, 6.07) is 27.8. The maximum atomic E-state index is 14.3. The highest BCUT2D eigenvalue weighted by molar-refractivity contribution is 7.97. The Hall–Kier alpha value is -1.76. The van der Waals surface area contributed by atoms with Gasteiger partial charge in [-0.1, -0.05) is 84.9 Å². The van der Waals surface area contributed by atoms with Crippen molar-refractivity contribution < 1.29 is 4.57 Å². The van der Waals surface area contributed by atoms with Crippen molar-refractivity contribution in [2.24, 2.45) is 0 Å². The van der Waals surface area contributed by atoms with E-state index in [-0.39, 0.29) is 0 Å². The van der Waals surface area contributed by atoms with Gasteiger partial charge in [-0.25, -0.2) is 0 Å². The smallest absolute Gasteiger partial charge is 0.171 e. The predicted octanol–water partition coefficient (Wildman–Crippen LogP) is 4.19. The number of hydrogen-bond acceptors (Lipinski definition) is 2. The third-order valence-corrected chi connectivity index (χ3v) is 7.64. The van der Waals surface area contributed by atoms with Gasteiger partial charge in [0, 0.05) is 21.7 Å². The molecule has 0 bridgehead atoms. The summed E-state index contributed by atoms with van der Waals surface area (Å²) in [5.74, 6) is 0.861. The van der Waals surface area contributed by atoms with Crippen LogP contribution in [0.15, 0.2) is 84.9 Å². The lowest BCUT2D eigenvalue weighted by Gasteiger charge is -2.22.